The van der Waals surface area contributed by atoms with E-state index in [1.807, 2.05) is 31.2 Å². The summed E-state index contributed by atoms with van der Waals surface area (Å²) < 4.78 is 0. The van der Waals surface area contributed by atoms with Crippen LogP contribution in [0.2, 0.25) is 0 Å². The van der Waals surface area contributed by atoms with Crippen molar-refractivity contribution in [1.29, 1.82) is 0 Å². The molecule has 0 atom stereocenters. The number of aryl methyl sites for hydroxylation is 1. The van der Waals surface area contributed by atoms with Crippen LogP contribution in [0.1, 0.15) is 36.8 Å². The van der Waals surface area contributed by atoms with Crippen LogP contribution in [0.15, 0.2) is 24.3 Å². The maximum absolute atomic E-state index is 12.3. The average molecular weight is 261 g/mol. The quantitative estimate of drug-likeness (QED) is 0.770. The first-order chi connectivity index (χ1) is 9.06. The summed E-state index contributed by atoms with van der Waals surface area (Å²) in [7, 11) is 0. The highest BCUT2D eigenvalue weighted by atomic mass is 16.4. The molecule has 1 aliphatic rings. The van der Waals surface area contributed by atoms with E-state index in [4.69, 9.17) is 5.11 Å². The Kier molecular flexibility index (Phi) is 3.88. The molecule has 0 radical (unpaired) electrons. The van der Waals surface area contributed by atoms with Crippen molar-refractivity contribution in [2.75, 3.05) is 6.54 Å². The second-order valence-electron chi connectivity index (χ2n) is 5.15. The fourth-order valence-corrected chi connectivity index (χ4v) is 2.46. The number of hydrogen-bond acceptors (Lipinski definition) is 2. The molecule has 1 aromatic carbocycles. The average Bonchev–Trinajstić information content (AvgIpc) is 3.16. The molecule has 2 rings (SSSR count). The summed E-state index contributed by atoms with van der Waals surface area (Å²) in [4.78, 5) is 22.7. The minimum Gasteiger partial charge on any atom is -0.481 e. The molecule has 0 bridgehead atoms. The molecule has 0 unspecified atom stereocenters. The van der Waals surface area contributed by atoms with Gasteiger partial charge in [0.25, 0.3) is 0 Å². The molecule has 0 heterocycles. The van der Waals surface area contributed by atoms with Gasteiger partial charge in [0, 0.05) is 13.0 Å². The van der Waals surface area contributed by atoms with Gasteiger partial charge in [-0.3, -0.25) is 9.59 Å². The Balaban J connectivity index is 1.95. The molecule has 19 heavy (non-hydrogen) atoms. The van der Waals surface area contributed by atoms with E-state index in [2.05, 4.69) is 5.32 Å². The van der Waals surface area contributed by atoms with Crippen LogP contribution >= 0.6 is 0 Å². The molecule has 102 valence electrons. The molecule has 1 saturated carbocycles. The van der Waals surface area contributed by atoms with Gasteiger partial charge in [-0.05, 0) is 37.3 Å². The Morgan fingerprint density at radius 2 is 2.00 bits per heavy atom. The van der Waals surface area contributed by atoms with Gasteiger partial charge in [-0.25, -0.2) is 0 Å². The molecule has 0 aliphatic heterocycles. The lowest BCUT2D eigenvalue weighted by atomic mass is 9.91. The second-order valence-corrected chi connectivity index (χ2v) is 5.15. The van der Waals surface area contributed by atoms with Crippen molar-refractivity contribution >= 4 is 11.9 Å². The molecule has 4 nitrogen and oxygen atoms in total. The van der Waals surface area contributed by atoms with Gasteiger partial charge in [0.2, 0.25) is 5.91 Å². The summed E-state index contributed by atoms with van der Waals surface area (Å²) in [5.41, 5.74) is 1.88. The van der Waals surface area contributed by atoms with Gasteiger partial charge in [-0.2, -0.15) is 0 Å². The van der Waals surface area contributed by atoms with Crippen LogP contribution in [-0.4, -0.2) is 23.5 Å². The maximum atomic E-state index is 12.3. The fraction of sp³-hybridized carbons (Fsp3) is 0.467. The summed E-state index contributed by atoms with van der Waals surface area (Å²) in [6.45, 7) is 2.45. The summed E-state index contributed by atoms with van der Waals surface area (Å²) in [6.07, 6.45) is 2.33. The van der Waals surface area contributed by atoms with Gasteiger partial charge >= 0.3 is 5.97 Å². The number of carboxylic acid groups (broad SMARTS) is 1. The van der Waals surface area contributed by atoms with Crippen molar-refractivity contribution < 1.29 is 14.7 Å². The Bertz CT molecular complexity index is 492. The van der Waals surface area contributed by atoms with Crippen LogP contribution in [0.4, 0.5) is 0 Å². The highest BCUT2D eigenvalue weighted by Crippen LogP contribution is 2.49. The summed E-state index contributed by atoms with van der Waals surface area (Å²) in [5, 5.41) is 11.4. The van der Waals surface area contributed by atoms with Crippen molar-refractivity contribution in [2.24, 2.45) is 0 Å². The van der Waals surface area contributed by atoms with Crippen molar-refractivity contribution in [3.05, 3.63) is 35.4 Å². The van der Waals surface area contributed by atoms with Crippen LogP contribution in [0.5, 0.6) is 0 Å². The molecule has 0 aromatic heterocycles. The first-order valence-electron chi connectivity index (χ1n) is 6.62. The Labute approximate surface area is 112 Å². The monoisotopic (exact) mass is 261 g/mol. The molecule has 1 aliphatic carbocycles. The van der Waals surface area contributed by atoms with E-state index in [1.54, 1.807) is 0 Å². The number of nitrogens with one attached hydrogen (secondary N) is 1. The number of hydrogen-bond donors (Lipinski definition) is 2. The molecule has 0 saturated heterocycles. The second kappa shape index (κ2) is 5.43. The zero-order valence-corrected chi connectivity index (χ0v) is 11.1. The topological polar surface area (TPSA) is 66.4 Å². The minimum absolute atomic E-state index is 0.0344. The van der Waals surface area contributed by atoms with Crippen molar-refractivity contribution in [1.82, 2.24) is 5.32 Å². The molecule has 0 spiro atoms. The van der Waals surface area contributed by atoms with E-state index in [-0.39, 0.29) is 17.7 Å². The Hall–Kier alpha value is -1.84. The number of carbonyl (C=O) groups excluding carboxylic acids is 1. The number of rotatable bonds is 6. The van der Waals surface area contributed by atoms with Gasteiger partial charge in [-0.1, -0.05) is 24.3 Å². The summed E-state index contributed by atoms with van der Waals surface area (Å²) in [5.74, 6) is -0.790. The lowest BCUT2D eigenvalue weighted by molar-refractivity contribution is -0.137. The normalized spacial score (nSPS) is 15.8. The lowest BCUT2D eigenvalue weighted by Gasteiger charge is -2.17. The molecule has 1 fully saturated rings. The largest absolute Gasteiger partial charge is 0.481 e. The van der Waals surface area contributed by atoms with E-state index in [0.29, 0.717) is 13.0 Å². The van der Waals surface area contributed by atoms with E-state index in [9.17, 15) is 9.59 Å². The van der Waals surface area contributed by atoms with Gasteiger partial charge < -0.3 is 10.4 Å². The van der Waals surface area contributed by atoms with Gasteiger partial charge in [0.15, 0.2) is 0 Å². The first-order valence-corrected chi connectivity index (χ1v) is 6.62. The third kappa shape index (κ3) is 2.95. The van der Waals surface area contributed by atoms with Crippen LogP contribution in [0, 0.1) is 6.92 Å². The predicted octanol–water partition coefficient (Wildman–Crippen LogP) is 2.01. The van der Waals surface area contributed by atoms with Crippen molar-refractivity contribution in [2.45, 2.75) is 38.0 Å². The number of carboxylic acids is 1. The van der Waals surface area contributed by atoms with Gasteiger partial charge in [0.1, 0.15) is 0 Å². The number of carbonyl (C=O) groups is 2. The lowest BCUT2D eigenvalue weighted by Crippen LogP contribution is -2.35. The smallest absolute Gasteiger partial charge is 0.303 e. The van der Waals surface area contributed by atoms with Gasteiger partial charge in [-0.15, -0.1) is 0 Å². The third-order valence-electron chi connectivity index (χ3n) is 3.70. The van der Waals surface area contributed by atoms with E-state index >= 15 is 0 Å². The van der Waals surface area contributed by atoms with Gasteiger partial charge in [0.05, 0.1) is 5.41 Å². The van der Waals surface area contributed by atoms with E-state index in [0.717, 1.165) is 24.0 Å². The highest BCUT2D eigenvalue weighted by Gasteiger charge is 2.51. The van der Waals surface area contributed by atoms with Crippen molar-refractivity contribution in [3.8, 4) is 0 Å². The molecular formula is C15H19NO3. The minimum atomic E-state index is -0.825. The molecule has 4 heteroatoms. The third-order valence-corrected chi connectivity index (χ3v) is 3.70. The van der Waals surface area contributed by atoms with E-state index in [1.165, 1.54) is 0 Å². The van der Waals surface area contributed by atoms with Crippen LogP contribution in [0.25, 0.3) is 0 Å². The van der Waals surface area contributed by atoms with Crippen molar-refractivity contribution in [3.63, 3.8) is 0 Å². The Morgan fingerprint density at radius 3 is 2.58 bits per heavy atom. The molecule has 1 amide bonds. The molecule has 2 N–H and O–H groups in total. The Morgan fingerprint density at radius 1 is 1.32 bits per heavy atom. The number of aliphatic carboxylic acids is 1. The first kappa shape index (κ1) is 13.6. The maximum Gasteiger partial charge on any atom is 0.303 e. The van der Waals surface area contributed by atoms with Crippen LogP contribution < -0.4 is 5.32 Å². The zero-order valence-electron chi connectivity index (χ0n) is 11.1. The predicted molar refractivity (Wildman–Crippen MR) is 72.0 cm³/mol. The number of amides is 1. The highest BCUT2D eigenvalue weighted by molar-refractivity contribution is 5.91. The zero-order chi connectivity index (χ0) is 13.9. The summed E-state index contributed by atoms with van der Waals surface area (Å²) in [6, 6.07) is 7.96. The fourth-order valence-electron chi connectivity index (χ4n) is 2.46. The number of benzene rings is 1. The standard InChI is InChI=1S/C15H19NO3/c1-11-5-2-3-6-12(11)15(8-9-15)14(19)16-10-4-7-13(17)18/h2-3,5-6H,4,7-10H2,1H3,(H,16,19)(H,17,18). The summed E-state index contributed by atoms with van der Waals surface area (Å²) >= 11 is 0. The van der Waals surface area contributed by atoms with Crippen LogP contribution in [-0.2, 0) is 15.0 Å². The van der Waals surface area contributed by atoms with E-state index < -0.39 is 5.97 Å². The van der Waals surface area contributed by atoms with Crippen LogP contribution in [0.3, 0.4) is 0 Å². The molecular weight excluding hydrogens is 242 g/mol. The molecule has 1 aromatic rings. The SMILES string of the molecule is Cc1ccccc1C1(C(=O)NCCCC(=O)O)CC1.